The molecule has 0 atom stereocenters. The minimum absolute atomic E-state index is 0.190. The van der Waals surface area contributed by atoms with Crippen LogP contribution in [0.3, 0.4) is 0 Å². The second kappa shape index (κ2) is 8.92. The van der Waals surface area contributed by atoms with Crippen LogP contribution in [0, 0.1) is 0 Å². The topological polar surface area (TPSA) is 98.7 Å². The van der Waals surface area contributed by atoms with Gasteiger partial charge in [-0.05, 0) is 41.5 Å². The Hall–Kier alpha value is -4.11. The molecule has 2 aliphatic rings. The number of hydrogen-bond acceptors (Lipinski definition) is 7. The van der Waals surface area contributed by atoms with Crippen LogP contribution in [0.5, 0.6) is 11.5 Å². The molecule has 0 bridgehead atoms. The second-order valence-electron chi connectivity index (χ2n) is 8.89. The number of fused-ring (bicyclic) bond motifs is 2. The van der Waals surface area contributed by atoms with Gasteiger partial charge in [0.05, 0.1) is 11.9 Å². The maximum Gasteiger partial charge on any atom is 0.231 e. The van der Waals surface area contributed by atoms with E-state index in [2.05, 4.69) is 32.1 Å². The summed E-state index contributed by atoms with van der Waals surface area (Å²) in [6.45, 7) is 4.82. The minimum atomic E-state index is -0.355. The molecule has 35 heavy (non-hydrogen) atoms. The van der Waals surface area contributed by atoms with E-state index in [1.807, 2.05) is 53.2 Å². The molecule has 0 unspecified atom stereocenters. The standard InChI is InChI=1S/C26H26N6O3/c27-24(33)14-19-16-32(21-4-2-1-3-20(19)21)26-8-7-25(28-29-26)31-11-9-30(10-12-31)15-18-5-6-22-23(13-18)35-17-34-22/h1-8,13,16H,9-12,14-15,17H2,(H2,27,33). The number of hydrogen-bond donors (Lipinski definition) is 1. The SMILES string of the molecule is NC(=O)Cc1cn(-c2ccc(N3CCN(Cc4ccc5c(c4)OCO5)CC3)nn2)c2ccccc12. The quantitative estimate of drug-likeness (QED) is 0.462. The van der Waals surface area contributed by atoms with Crippen molar-refractivity contribution in [3.63, 3.8) is 0 Å². The molecule has 1 fully saturated rings. The van der Waals surface area contributed by atoms with Crippen molar-refractivity contribution in [2.24, 2.45) is 5.73 Å². The molecule has 9 nitrogen and oxygen atoms in total. The van der Waals surface area contributed by atoms with Crippen molar-refractivity contribution in [3.8, 4) is 17.3 Å². The van der Waals surface area contributed by atoms with Crippen LogP contribution >= 0.6 is 0 Å². The summed E-state index contributed by atoms with van der Waals surface area (Å²) in [7, 11) is 0. The van der Waals surface area contributed by atoms with Gasteiger partial charge in [-0.25, -0.2) is 0 Å². The number of benzene rings is 2. The van der Waals surface area contributed by atoms with E-state index in [4.69, 9.17) is 15.2 Å². The van der Waals surface area contributed by atoms with Crippen molar-refractivity contribution < 1.29 is 14.3 Å². The highest BCUT2D eigenvalue weighted by Crippen LogP contribution is 2.33. The predicted octanol–water partition coefficient (Wildman–Crippen LogP) is 2.50. The Morgan fingerprint density at radius 3 is 2.49 bits per heavy atom. The highest BCUT2D eigenvalue weighted by Gasteiger charge is 2.20. The van der Waals surface area contributed by atoms with Gasteiger partial charge in [-0.3, -0.25) is 14.3 Å². The van der Waals surface area contributed by atoms with Crippen LogP contribution in [-0.4, -0.2) is 58.5 Å². The lowest BCUT2D eigenvalue weighted by Gasteiger charge is -2.35. The Bertz CT molecular complexity index is 1380. The first-order chi connectivity index (χ1) is 17.1. The average Bonchev–Trinajstić information content (AvgIpc) is 3.49. The van der Waals surface area contributed by atoms with E-state index in [1.54, 1.807) is 0 Å². The number of primary amides is 1. The lowest BCUT2D eigenvalue weighted by Crippen LogP contribution is -2.46. The number of carbonyl (C=O) groups is 1. The Labute approximate surface area is 202 Å². The number of amides is 1. The van der Waals surface area contributed by atoms with Crippen LogP contribution in [0.4, 0.5) is 5.82 Å². The number of anilines is 1. The van der Waals surface area contributed by atoms with Gasteiger partial charge in [0.15, 0.2) is 23.1 Å². The summed E-state index contributed by atoms with van der Waals surface area (Å²) in [5.41, 5.74) is 8.53. The van der Waals surface area contributed by atoms with E-state index >= 15 is 0 Å². The molecule has 2 aromatic heterocycles. The molecule has 6 rings (SSSR count). The molecule has 2 N–H and O–H groups in total. The van der Waals surface area contributed by atoms with Gasteiger partial charge in [-0.2, -0.15) is 0 Å². The first kappa shape index (κ1) is 21.4. The van der Waals surface area contributed by atoms with E-state index in [0.717, 1.165) is 66.5 Å². The molecule has 1 saturated heterocycles. The minimum Gasteiger partial charge on any atom is -0.454 e. The molecular weight excluding hydrogens is 444 g/mol. The van der Waals surface area contributed by atoms with E-state index < -0.39 is 0 Å². The van der Waals surface area contributed by atoms with E-state index in [9.17, 15) is 4.79 Å². The first-order valence-corrected chi connectivity index (χ1v) is 11.7. The van der Waals surface area contributed by atoms with Crippen LogP contribution in [0.15, 0.2) is 60.8 Å². The number of rotatable bonds is 6. The summed E-state index contributed by atoms with van der Waals surface area (Å²) >= 11 is 0. The summed E-state index contributed by atoms with van der Waals surface area (Å²) in [5.74, 6) is 2.87. The van der Waals surface area contributed by atoms with Crippen LogP contribution in [0.25, 0.3) is 16.7 Å². The monoisotopic (exact) mass is 470 g/mol. The smallest absolute Gasteiger partial charge is 0.231 e. The second-order valence-corrected chi connectivity index (χ2v) is 8.89. The van der Waals surface area contributed by atoms with Gasteiger partial charge in [0, 0.05) is 44.3 Å². The summed E-state index contributed by atoms with van der Waals surface area (Å²) in [6, 6.07) is 18.1. The number of aromatic nitrogens is 3. The Morgan fingerprint density at radius 2 is 1.69 bits per heavy atom. The summed E-state index contributed by atoms with van der Waals surface area (Å²) in [6.07, 6.45) is 2.11. The molecule has 0 radical (unpaired) electrons. The highest BCUT2D eigenvalue weighted by atomic mass is 16.7. The molecule has 0 aliphatic carbocycles. The number of ether oxygens (including phenoxy) is 2. The maximum absolute atomic E-state index is 11.5. The van der Waals surface area contributed by atoms with E-state index in [0.29, 0.717) is 12.6 Å². The van der Waals surface area contributed by atoms with Crippen LogP contribution in [0.2, 0.25) is 0 Å². The first-order valence-electron chi connectivity index (χ1n) is 11.7. The molecule has 9 heteroatoms. The lowest BCUT2D eigenvalue weighted by atomic mass is 10.1. The molecule has 0 saturated carbocycles. The molecule has 2 aromatic carbocycles. The zero-order valence-corrected chi connectivity index (χ0v) is 19.3. The van der Waals surface area contributed by atoms with Crippen LogP contribution < -0.4 is 20.1 Å². The van der Waals surface area contributed by atoms with Gasteiger partial charge in [-0.1, -0.05) is 24.3 Å². The molecular formula is C26H26N6O3. The normalized spacial score (nSPS) is 15.6. The molecule has 0 spiro atoms. The maximum atomic E-state index is 11.5. The van der Waals surface area contributed by atoms with E-state index in [-0.39, 0.29) is 12.3 Å². The number of piperazine rings is 1. The Balaban J connectivity index is 1.13. The van der Waals surface area contributed by atoms with Crippen LogP contribution in [0.1, 0.15) is 11.1 Å². The van der Waals surface area contributed by atoms with Gasteiger partial charge in [0.1, 0.15) is 0 Å². The van der Waals surface area contributed by atoms with Crippen molar-refractivity contribution in [1.29, 1.82) is 0 Å². The Kier molecular flexibility index (Phi) is 5.46. The molecule has 1 amide bonds. The van der Waals surface area contributed by atoms with Gasteiger partial charge >= 0.3 is 0 Å². The van der Waals surface area contributed by atoms with Crippen molar-refractivity contribution in [2.45, 2.75) is 13.0 Å². The van der Waals surface area contributed by atoms with Gasteiger partial charge < -0.3 is 20.1 Å². The average molecular weight is 471 g/mol. The number of nitrogens with two attached hydrogens (primary N) is 1. The van der Waals surface area contributed by atoms with Gasteiger partial charge in [-0.15, -0.1) is 10.2 Å². The zero-order chi connectivity index (χ0) is 23.8. The third-order valence-electron chi connectivity index (χ3n) is 6.58. The van der Waals surface area contributed by atoms with Crippen molar-refractivity contribution >= 4 is 22.6 Å². The van der Waals surface area contributed by atoms with Crippen LogP contribution in [-0.2, 0) is 17.8 Å². The number of nitrogens with zero attached hydrogens (tertiary/aromatic N) is 5. The van der Waals surface area contributed by atoms with Crippen molar-refractivity contribution in [3.05, 3.63) is 71.9 Å². The highest BCUT2D eigenvalue weighted by molar-refractivity contribution is 5.89. The van der Waals surface area contributed by atoms with Gasteiger partial charge in [0.25, 0.3) is 0 Å². The molecule has 4 aromatic rings. The molecule has 4 heterocycles. The summed E-state index contributed by atoms with van der Waals surface area (Å²) < 4.78 is 12.9. The number of carbonyl (C=O) groups excluding carboxylic acids is 1. The largest absolute Gasteiger partial charge is 0.454 e. The Morgan fingerprint density at radius 1 is 0.914 bits per heavy atom. The van der Waals surface area contributed by atoms with Gasteiger partial charge in [0.2, 0.25) is 12.7 Å². The zero-order valence-electron chi connectivity index (χ0n) is 19.3. The summed E-state index contributed by atoms with van der Waals surface area (Å²) in [4.78, 5) is 16.2. The third kappa shape index (κ3) is 4.26. The predicted molar refractivity (Wildman–Crippen MR) is 132 cm³/mol. The molecule has 2 aliphatic heterocycles. The fourth-order valence-corrected chi connectivity index (χ4v) is 4.82. The lowest BCUT2D eigenvalue weighted by molar-refractivity contribution is -0.117. The van der Waals surface area contributed by atoms with Crippen molar-refractivity contribution in [2.75, 3.05) is 37.9 Å². The fourth-order valence-electron chi connectivity index (χ4n) is 4.82. The molecule has 178 valence electrons. The fraction of sp³-hybridized carbons (Fsp3) is 0.269. The third-order valence-corrected chi connectivity index (χ3v) is 6.58. The summed E-state index contributed by atoms with van der Waals surface area (Å²) in [5, 5.41) is 10.0. The van der Waals surface area contributed by atoms with Crippen molar-refractivity contribution in [1.82, 2.24) is 19.7 Å². The van der Waals surface area contributed by atoms with E-state index in [1.165, 1.54) is 5.56 Å². The number of para-hydroxylation sites is 1.